The standard InChI is InChI=1S/C21H17N3O3S/c1-11-7-8-14-15(10-11)28-21(22-14)23-19(26)16-18(25)13-6-2-4-12-5-3-9-24(17(12)13)20(16)27/h2,4,6-8,10,25H,3,5,9H2,1H3,(H,22,23,26). The zero-order chi connectivity index (χ0) is 19.4. The normalized spacial score (nSPS) is 13.2. The summed E-state index contributed by atoms with van der Waals surface area (Å²) >= 11 is 1.34. The summed E-state index contributed by atoms with van der Waals surface area (Å²) < 4.78 is 2.55. The van der Waals surface area contributed by atoms with Crippen LogP contribution in [-0.4, -0.2) is 20.6 Å². The number of carbonyl (C=O) groups excluding carboxylic acids is 1. The van der Waals surface area contributed by atoms with Crippen LogP contribution >= 0.6 is 11.3 Å². The number of aromatic hydroxyl groups is 1. The van der Waals surface area contributed by atoms with Gasteiger partial charge in [0.2, 0.25) is 0 Å². The summed E-state index contributed by atoms with van der Waals surface area (Å²) in [5.41, 5.74) is 2.93. The molecule has 7 heteroatoms. The van der Waals surface area contributed by atoms with E-state index in [-0.39, 0.29) is 11.3 Å². The first-order valence-electron chi connectivity index (χ1n) is 9.09. The smallest absolute Gasteiger partial charge is 0.267 e. The van der Waals surface area contributed by atoms with Crippen molar-refractivity contribution in [2.24, 2.45) is 0 Å². The fourth-order valence-electron chi connectivity index (χ4n) is 3.87. The second-order valence-electron chi connectivity index (χ2n) is 7.04. The number of amides is 1. The molecule has 0 fully saturated rings. The van der Waals surface area contributed by atoms with Crippen LogP contribution in [0.25, 0.3) is 21.1 Å². The molecule has 1 amide bonds. The van der Waals surface area contributed by atoms with E-state index in [0.717, 1.165) is 39.7 Å². The number of para-hydroxylation sites is 1. The Labute approximate surface area is 164 Å². The molecule has 0 aliphatic carbocycles. The van der Waals surface area contributed by atoms with E-state index in [2.05, 4.69) is 10.3 Å². The molecule has 4 aromatic rings. The number of hydrogen-bond donors (Lipinski definition) is 2. The average Bonchev–Trinajstić information content (AvgIpc) is 3.07. The lowest BCUT2D eigenvalue weighted by atomic mass is 9.99. The van der Waals surface area contributed by atoms with E-state index in [1.165, 1.54) is 11.3 Å². The first-order chi connectivity index (χ1) is 13.5. The van der Waals surface area contributed by atoms with Crippen molar-refractivity contribution in [1.29, 1.82) is 0 Å². The van der Waals surface area contributed by atoms with Gasteiger partial charge in [-0.2, -0.15) is 0 Å². The van der Waals surface area contributed by atoms with Crippen molar-refractivity contribution in [3.8, 4) is 5.75 Å². The topological polar surface area (TPSA) is 84.2 Å². The van der Waals surface area contributed by atoms with Crippen LogP contribution in [0.4, 0.5) is 5.13 Å². The van der Waals surface area contributed by atoms with Crippen LogP contribution in [0.1, 0.15) is 27.9 Å². The Hall–Kier alpha value is -3.19. The van der Waals surface area contributed by atoms with Crippen molar-refractivity contribution in [1.82, 2.24) is 9.55 Å². The Morgan fingerprint density at radius 2 is 2.14 bits per heavy atom. The molecule has 2 aromatic carbocycles. The van der Waals surface area contributed by atoms with E-state index in [4.69, 9.17) is 0 Å². The number of nitrogens with one attached hydrogen (secondary N) is 1. The van der Waals surface area contributed by atoms with Crippen LogP contribution in [0, 0.1) is 6.92 Å². The molecule has 140 valence electrons. The van der Waals surface area contributed by atoms with Gasteiger partial charge in [0, 0.05) is 11.9 Å². The number of nitrogens with zero attached hydrogens (tertiary/aromatic N) is 2. The van der Waals surface area contributed by atoms with E-state index in [0.29, 0.717) is 17.1 Å². The molecule has 0 saturated carbocycles. The highest BCUT2D eigenvalue weighted by molar-refractivity contribution is 7.22. The van der Waals surface area contributed by atoms with Crippen LogP contribution in [0.5, 0.6) is 5.75 Å². The first-order valence-corrected chi connectivity index (χ1v) is 9.90. The van der Waals surface area contributed by atoms with Crippen LogP contribution in [0.3, 0.4) is 0 Å². The zero-order valence-electron chi connectivity index (χ0n) is 15.2. The number of fused-ring (bicyclic) bond motifs is 1. The summed E-state index contributed by atoms with van der Waals surface area (Å²) in [7, 11) is 0. The lowest BCUT2D eigenvalue weighted by Gasteiger charge is -2.21. The third kappa shape index (κ3) is 2.51. The van der Waals surface area contributed by atoms with E-state index in [1.54, 1.807) is 10.6 Å². The maximum Gasteiger partial charge on any atom is 0.267 e. The number of anilines is 1. The monoisotopic (exact) mass is 391 g/mol. The molecule has 5 rings (SSSR count). The lowest BCUT2D eigenvalue weighted by Crippen LogP contribution is -2.31. The number of aromatic nitrogens is 2. The van der Waals surface area contributed by atoms with Gasteiger partial charge in [0.05, 0.1) is 15.7 Å². The molecule has 0 atom stereocenters. The quantitative estimate of drug-likeness (QED) is 0.544. The van der Waals surface area contributed by atoms with Gasteiger partial charge in [-0.1, -0.05) is 29.5 Å². The highest BCUT2D eigenvalue weighted by Gasteiger charge is 2.25. The molecule has 6 nitrogen and oxygen atoms in total. The van der Waals surface area contributed by atoms with E-state index >= 15 is 0 Å². The average molecular weight is 391 g/mol. The predicted molar refractivity (Wildman–Crippen MR) is 111 cm³/mol. The predicted octanol–water partition coefficient (Wildman–Crippen LogP) is 3.82. The third-order valence-corrected chi connectivity index (χ3v) is 6.09. The van der Waals surface area contributed by atoms with Crippen LogP contribution in [-0.2, 0) is 13.0 Å². The highest BCUT2D eigenvalue weighted by Crippen LogP contribution is 2.32. The second kappa shape index (κ2) is 6.17. The van der Waals surface area contributed by atoms with E-state index in [1.807, 2.05) is 37.3 Å². The van der Waals surface area contributed by atoms with Crippen molar-refractivity contribution in [2.45, 2.75) is 26.3 Å². The number of aryl methyl sites for hydroxylation is 3. The first kappa shape index (κ1) is 16.9. The highest BCUT2D eigenvalue weighted by atomic mass is 32.1. The van der Waals surface area contributed by atoms with Crippen LogP contribution < -0.4 is 10.9 Å². The molecular formula is C21H17N3O3S. The van der Waals surface area contributed by atoms with E-state index in [9.17, 15) is 14.7 Å². The van der Waals surface area contributed by atoms with Gasteiger partial charge < -0.3 is 9.67 Å². The molecule has 2 aromatic heterocycles. The molecule has 0 spiro atoms. The summed E-state index contributed by atoms with van der Waals surface area (Å²) in [6.07, 6.45) is 1.68. The molecule has 1 aliphatic rings. The Morgan fingerprint density at radius 3 is 3.00 bits per heavy atom. The Bertz CT molecular complexity index is 1340. The fourth-order valence-corrected chi connectivity index (χ4v) is 4.83. The van der Waals surface area contributed by atoms with Gasteiger partial charge in [0.25, 0.3) is 11.5 Å². The number of benzene rings is 2. The van der Waals surface area contributed by atoms with Gasteiger partial charge in [-0.15, -0.1) is 0 Å². The van der Waals surface area contributed by atoms with Crippen molar-refractivity contribution >= 4 is 43.5 Å². The largest absolute Gasteiger partial charge is 0.506 e. The Balaban J connectivity index is 1.62. The van der Waals surface area contributed by atoms with Crippen LogP contribution in [0.15, 0.2) is 41.2 Å². The molecule has 3 heterocycles. The molecule has 28 heavy (non-hydrogen) atoms. The van der Waals surface area contributed by atoms with E-state index < -0.39 is 11.5 Å². The van der Waals surface area contributed by atoms with Gasteiger partial charge in [0.1, 0.15) is 11.3 Å². The molecule has 2 N–H and O–H groups in total. The van der Waals surface area contributed by atoms with Gasteiger partial charge in [0.15, 0.2) is 5.13 Å². The summed E-state index contributed by atoms with van der Waals surface area (Å²) in [6, 6.07) is 11.4. The zero-order valence-corrected chi connectivity index (χ0v) is 16.0. The van der Waals surface area contributed by atoms with Gasteiger partial charge >= 0.3 is 0 Å². The number of pyridine rings is 1. The van der Waals surface area contributed by atoms with Gasteiger partial charge in [-0.05, 0) is 49.1 Å². The third-order valence-electron chi connectivity index (χ3n) is 5.16. The lowest BCUT2D eigenvalue weighted by molar-refractivity contribution is 0.102. The van der Waals surface area contributed by atoms with Crippen molar-refractivity contribution in [3.05, 3.63) is 63.4 Å². The minimum Gasteiger partial charge on any atom is -0.506 e. The van der Waals surface area contributed by atoms with Crippen molar-refractivity contribution < 1.29 is 9.90 Å². The minimum atomic E-state index is -0.639. The molecule has 0 unspecified atom stereocenters. The van der Waals surface area contributed by atoms with Crippen molar-refractivity contribution in [2.75, 3.05) is 5.32 Å². The van der Waals surface area contributed by atoms with Crippen LogP contribution in [0.2, 0.25) is 0 Å². The fraction of sp³-hybridized carbons (Fsp3) is 0.190. The maximum atomic E-state index is 13.0. The number of rotatable bonds is 2. The molecule has 0 saturated heterocycles. The van der Waals surface area contributed by atoms with Gasteiger partial charge in [-0.25, -0.2) is 4.98 Å². The second-order valence-corrected chi connectivity index (χ2v) is 8.07. The SMILES string of the molecule is Cc1ccc2nc(NC(=O)c3c(O)c4cccc5c4n(c3=O)CCC5)sc2c1. The summed E-state index contributed by atoms with van der Waals surface area (Å²) in [5.74, 6) is -0.908. The summed E-state index contributed by atoms with van der Waals surface area (Å²) in [5, 5.41) is 14.4. The Morgan fingerprint density at radius 1 is 1.29 bits per heavy atom. The minimum absolute atomic E-state index is 0.234. The van der Waals surface area contributed by atoms with Crippen molar-refractivity contribution in [3.63, 3.8) is 0 Å². The number of hydrogen-bond acceptors (Lipinski definition) is 5. The number of thiazole rings is 1. The molecule has 0 radical (unpaired) electrons. The Kier molecular flexibility index (Phi) is 3.73. The molecule has 0 bridgehead atoms. The van der Waals surface area contributed by atoms with Gasteiger partial charge in [-0.3, -0.25) is 14.9 Å². The summed E-state index contributed by atoms with van der Waals surface area (Å²) in [4.78, 5) is 30.3. The molecular weight excluding hydrogens is 374 g/mol. The number of carbonyl (C=O) groups is 1. The molecule has 1 aliphatic heterocycles. The summed E-state index contributed by atoms with van der Waals surface area (Å²) in [6.45, 7) is 2.53. The maximum absolute atomic E-state index is 13.0.